The van der Waals surface area contributed by atoms with Crippen LogP contribution in [0.15, 0.2) is 12.2 Å². The van der Waals surface area contributed by atoms with Gasteiger partial charge in [-0.2, -0.15) is 0 Å². The molecule has 180 valence electrons. The van der Waals surface area contributed by atoms with Crippen molar-refractivity contribution in [2.45, 2.75) is 97.5 Å². The predicted octanol–water partition coefficient (Wildman–Crippen LogP) is 7.52. The molecule has 0 amide bonds. The Kier molecular flexibility index (Phi) is 6.53. The second kappa shape index (κ2) is 8.97. The molecule has 5 rings (SSSR count). The van der Waals surface area contributed by atoms with Crippen molar-refractivity contribution in [3.05, 3.63) is 12.2 Å². The molecule has 32 heavy (non-hydrogen) atoms. The third-order valence-corrected chi connectivity index (χ3v) is 12.1. The van der Waals surface area contributed by atoms with E-state index in [0.29, 0.717) is 17.6 Å². The number of thioether (sulfide) groups is 1. The van der Waals surface area contributed by atoms with E-state index in [1.165, 1.54) is 57.8 Å². The molecule has 5 aliphatic carbocycles. The molecule has 6 unspecified atom stereocenters. The fraction of sp³-hybridized carbons (Fsp3) is 0.897. The number of hydrogen-bond acceptors (Lipinski definition) is 3. The van der Waals surface area contributed by atoms with Gasteiger partial charge in [-0.1, -0.05) is 32.9 Å². The molecule has 4 saturated carbocycles. The van der Waals surface area contributed by atoms with Crippen LogP contribution in [0.2, 0.25) is 0 Å². The van der Waals surface area contributed by atoms with Gasteiger partial charge in [0.05, 0.1) is 5.75 Å². The van der Waals surface area contributed by atoms with Crippen molar-refractivity contribution < 1.29 is 9.53 Å². The molecule has 0 saturated heterocycles. The Morgan fingerprint density at radius 1 is 0.906 bits per heavy atom. The summed E-state index contributed by atoms with van der Waals surface area (Å²) in [4.78, 5) is 12.8. The highest BCUT2D eigenvalue weighted by atomic mass is 32.2. The van der Waals surface area contributed by atoms with Gasteiger partial charge >= 0.3 is 5.97 Å². The van der Waals surface area contributed by atoms with E-state index >= 15 is 0 Å². The fourth-order valence-corrected chi connectivity index (χ4v) is 10.0. The third-order valence-electron chi connectivity index (χ3n) is 10.9. The average Bonchev–Trinajstić information content (AvgIpc) is 2.73. The van der Waals surface area contributed by atoms with Crippen LogP contribution in [0.3, 0.4) is 0 Å². The molecule has 2 nitrogen and oxygen atoms in total. The number of ether oxygens (including phenoxy) is 1. The lowest BCUT2D eigenvalue weighted by Crippen LogP contribution is -2.63. The van der Waals surface area contributed by atoms with Crippen molar-refractivity contribution in [2.75, 3.05) is 11.5 Å². The normalized spacial score (nSPS) is 46.9. The molecule has 4 fully saturated rings. The van der Waals surface area contributed by atoms with E-state index in [4.69, 9.17) is 4.74 Å². The molecular formula is C29H46O2S. The van der Waals surface area contributed by atoms with E-state index in [1.54, 1.807) is 0 Å². The van der Waals surface area contributed by atoms with Crippen molar-refractivity contribution in [3.63, 3.8) is 0 Å². The highest BCUT2D eigenvalue weighted by Crippen LogP contribution is 2.62. The van der Waals surface area contributed by atoms with Crippen LogP contribution in [0.5, 0.6) is 0 Å². The van der Waals surface area contributed by atoms with Crippen LogP contribution in [0.4, 0.5) is 0 Å². The number of rotatable bonds is 5. The maximum atomic E-state index is 12.8. The summed E-state index contributed by atoms with van der Waals surface area (Å²) in [7, 11) is 0. The lowest BCUT2D eigenvalue weighted by molar-refractivity contribution is -0.226. The van der Waals surface area contributed by atoms with Crippen LogP contribution < -0.4 is 0 Å². The zero-order chi connectivity index (χ0) is 22.5. The van der Waals surface area contributed by atoms with Gasteiger partial charge in [0.1, 0.15) is 5.60 Å². The molecule has 0 aromatic rings. The van der Waals surface area contributed by atoms with Crippen LogP contribution in [-0.4, -0.2) is 23.1 Å². The van der Waals surface area contributed by atoms with E-state index in [1.807, 2.05) is 11.8 Å². The zero-order valence-corrected chi connectivity index (χ0v) is 21.8. The van der Waals surface area contributed by atoms with E-state index in [2.05, 4.69) is 39.8 Å². The third kappa shape index (κ3) is 4.34. The molecule has 0 N–H and O–H groups in total. The Balaban J connectivity index is 1.07. The van der Waals surface area contributed by atoms with Gasteiger partial charge < -0.3 is 4.74 Å². The quantitative estimate of drug-likeness (QED) is 0.315. The smallest absolute Gasteiger partial charge is 0.316 e. The number of carbonyl (C=O) groups is 1. The second-order valence-electron chi connectivity index (χ2n) is 13.2. The topological polar surface area (TPSA) is 26.3 Å². The summed E-state index contributed by atoms with van der Waals surface area (Å²) in [5, 5.41) is 0. The van der Waals surface area contributed by atoms with Gasteiger partial charge in [0.15, 0.2) is 0 Å². The largest absolute Gasteiger partial charge is 0.458 e. The lowest BCUT2D eigenvalue weighted by atomic mass is 9.45. The van der Waals surface area contributed by atoms with Gasteiger partial charge in [-0.15, -0.1) is 11.8 Å². The Hall–Kier alpha value is -0.440. The highest BCUT2D eigenvalue weighted by molar-refractivity contribution is 7.99. The summed E-state index contributed by atoms with van der Waals surface area (Å²) in [6, 6.07) is 0. The standard InChI is InChI=1S/C29H46O2S/c1-19-9-11-24-16-29(4,27(24)28(19,2)3)31-26(30)18-32-17-20-10-12-23-14-21-7-5-6-8-22(21)15-25(23)13-20/h5-6,19-25,27H,7-18H2,1-4H3/t19?,20-,21?,22-,23?,24?,25+,27?,29?/m1/s1. The SMILES string of the molecule is CC1CCC2CC(C)(OC(=O)CSC[C@@H]3CCC4CC5CC=CC[C@@H]5C[C@@H]4C3)C2C1(C)C. The van der Waals surface area contributed by atoms with Crippen LogP contribution in [-0.2, 0) is 9.53 Å². The van der Waals surface area contributed by atoms with Crippen LogP contribution in [0.25, 0.3) is 0 Å². The van der Waals surface area contributed by atoms with Gasteiger partial charge in [0.2, 0.25) is 0 Å². The zero-order valence-electron chi connectivity index (χ0n) is 21.0. The minimum atomic E-state index is -0.231. The van der Waals surface area contributed by atoms with Crippen molar-refractivity contribution in [1.29, 1.82) is 0 Å². The minimum absolute atomic E-state index is 0.0353. The van der Waals surface area contributed by atoms with Gasteiger partial charge in [0, 0.05) is 5.92 Å². The predicted molar refractivity (Wildman–Crippen MR) is 135 cm³/mol. The van der Waals surface area contributed by atoms with Gasteiger partial charge in [0.25, 0.3) is 0 Å². The van der Waals surface area contributed by atoms with Crippen molar-refractivity contribution in [3.8, 4) is 0 Å². The van der Waals surface area contributed by atoms with E-state index < -0.39 is 0 Å². The molecule has 0 heterocycles. The number of esters is 1. The molecular weight excluding hydrogens is 412 g/mol. The van der Waals surface area contributed by atoms with Crippen molar-refractivity contribution >= 4 is 17.7 Å². The molecule has 9 atom stereocenters. The summed E-state index contributed by atoms with van der Waals surface area (Å²) >= 11 is 1.85. The van der Waals surface area contributed by atoms with Gasteiger partial charge in [-0.05, 0) is 124 Å². The molecule has 0 radical (unpaired) electrons. The van der Waals surface area contributed by atoms with Gasteiger partial charge in [-0.25, -0.2) is 0 Å². The Morgan fingerprint density at radius 3 is 2.34 bits per heavy atom. The second-order valence-corrected chi connectivity index (χ2v) is 14.2. The van der Waals surface area contributed by atoms with E-state index in [-0.39, 0.29) is 17.0 Å². The number of fused-ring (bicyclic) bond motifs is 3. The molecule has 0 spiro atoms. The highest BCUT2D eigenvalue weighted by Gasteiger charge is 2.62. The Labute approximate surface area is 201 Å². The Morgan fingerprint density at radius 2 is 1.59 bits per heavy atom. The van der Waals surface area contributed by atoms with Crippen molar-refractivity contribution in [2.24, 2.45) is 52.8 Å². The van der Waals surface area contributed by atoms with E-state index in [0.717, 1.165) is 47.7 Å². The minimum Gasteiger partial charge on any atom is -0.458 e. The Bertz CT molecular complexity index is 729. The first-order chi connectivity index (χ1) is 15.3. The van der Waals surface area contributed by atoms with E-state index in [9.17, 15) is 4.79 Å². The fourth-order valence-electron chi connectivity index (χ4n) is 9.07. The molecule has 0 bridgehead atoms. The summed E-state index contributed by atoms with van der Waals surface area (Å²) in [5.74, 6) is 8.43. The molecule has 0 aromatic carbocycles. The molecule has 0 aliphatic heterocycles. The summed E-state index contributed by atoms with van der Waals surface area (Å²) in [6.07, 6.45) is 18.4. The van der Waals surface area contributed by atoms with Crippen LogP contribution in [0.1, 0.15) is 91.9 Å². The van der Waals surface area contributed by atoms with Crippen LogP contribution in [0, 0.1) is 52.8 Å². The molecule has 5 aliphatic rings. The maximum absolute atomic E-state index is 12.8. The average molecular weight is 459 g/mol. The number of allylic oxidation sites excluding steroid dienone is 2. The maximum Gasteiger partial charge on any atom is 0.316 e. The summed E-state index contributed by atoms with van der Waals surface area (Å²) in [5.41, 5.74) is 0.0424. The van der Waals surface area contributed by atoms with Crippen LogP contribution >= 0.6 is 11.8 Å². The first kappa shape index (κ1) is 23.3. The summed E-state index contributed by atoms with van der Waals surface area (Å²) in [6.45, 7) is 9.41. The summed E-state index contributed by atoms with van der Waals surface area (Å²) < 4.78 is 6.20. The first-order valence-electron chi connectivity index (χ1n) is 13.7. The molecule has 3 heteroatoms. The monoisotopic (exact) mass is 458 g/mol. The molecule has 0 aromatic heterocycles. The van der Waals surface area contributed by atoms with Gasteiger partial charge in [-0.3, -0.25) is 4.79 Å². The number of hydrogen-bond donors (Lipinski definition) is 0. The lowest BCUT2D eigenvalue weighted by Gasteiger charge is -2.63. The number of carbonyl (C=O) groups excluding carboxylic acids is 1. The first-order valence-corrected chi connectivity index (χ1v) is 14.9. The van der Waals surface area contributed by atoms with Crippen molar-refractivity contribution in [1.82, 2.24) is 0 Å².